The third kappa shape index (κ3) is 7.54. The largest absolute Gasteiger partial charge is 0.356 e. The van der Waals surface area contributed by atoms with Crippen LogP contribution in [-0.2, 0) is 16.1 Å². The van der Waals surface area contributed by atoms with Crippen molar-refractivity contribution >= 4 is 11.8 Å². The van der Waals surface area contributed by atoms with E-state index in [4.69, 9.17) is 0 Å². The number of nitrogens with one attached hydrogen (secondary N) is 4. The number of nitrogens with zero attached hydrogens (tertiary/aromatic N) is 2. The van der Waals surface area contributed by atoms with E-state index in [1.165, 1.54) is 0 Å². The molecule has 8 nitrogen and oxygen atoms in total. The number of likely N-dealkylation sites (N-methyl/N-ethyl adjacent to an activating group) is 2. The maximum Gasteiger partial charge on any atom is 0.223 e. The van der Waals surface area contributed by atoms with E-state index in [-0.39, 0.29) is 29.6 Å². The molecule has 2 amide bonds. The number of rotatable bonds is 12. The van der Waals surface area contributed by atoms with Gasteiger partial charge < -0.3 is 20.9 Å². The second-order valence-electron chi connectivity index (χ2n) is 11.5. The third-order valence-corrected chi connectivity index (χ3v) is 7.16. The topological polar surface area (TPSA) is 102 Å². The molecule has 0 bridgehead atoms. The number of hydrogen-bond acceptors (Lipinski definition) is 5. The van der Waals surface area contributed by atoms with Gasteiger partial charge in [0.05, 0.1) is 5.69 Å². The lowest BCUT2D eigenvalue weighted by Crippen LogP contribution is -2.52. The zero-order valence-corrected chi connectivity index (χ0v) is 22.6. The minimum absolute atomic E-state index is 0.0493. The molecule has 0 spiro atoms. The summed E-state index contributed by atoms with van der Waals surface area (Å²) in [7, 11) is 4.05. The lowest BCUT2D eigenvalue weighted by Gasteiger charge is -2.46. The molecule has 1 saturated carbocycles. The van der Waals surface area contributed by atoms with Crippen LogP contribution in [0.1, 0.15) is 71.6 Å². The summed E-state index contributed by atoms with van der Waals surface area (Å²) in [5.41, 5.74) is 1.69. The molecule has 2 rings (SSSR count). The summed E-state index contributed by atoms with van der Waals surface area (Å²) in [5, 5.41) is 17.1. The standard InChI is InChI=1S/C26H48N6O2/c1-17(2)13-28-24(33)21-11-19(12-22(26(21,5)6)25(34)29-14-18(3)4)23-20(15-30-31-23)16-32(8)10-9-27-7/h15,17-19,21-22,27H,9-14,16H2,1-8H3,(H,28,33)(H,29,34)(H,30,31). The van der Waals surface area contributed by atoms with Crippen molar-refractivity contribution in [2.75, 3.05) is 40.3 Å². The van der Waals surface area contributed by atoms with E-state index in [0.717, 1.165) is 30.9 Å². The van der Waals surface area contributed by atoms with Crippen molar-refractivity contribution in [1.82, 2.24) is 31.0 Å². The molecule has 1 fully saturated rings. The van der Waals surface area contributed by atoms with Gasteiger partial charge in [0.15, 0.2) is 0 Å². The first kappa shape index (κ1) is 28.3. The number of H-pyrrole nitrogens is 1. The normalized spacial score (nSPS) is 22.4. The fraction of sp³-hybridized carbons (Fsp3) is 0.808. The Bertz CT molecular complexity index is 752. The number of aromatic nitrogens is 2. The first-order valence-corrected chi connectivity index (χ1v) is 12.9. The number of aromatic amines is 1. The Kier molecular flexibility index (Phi) is 10.6. The fourth-order valence-corrected chi connectivity index (χ4v) is 4.96. The summed E-state index contributed by atoms with van der Waals surface area (Å²) in [6.07, 6.45) is 3.36. The molecule has 1 aromatic heterocycles. The van der Waals surface area contributed by atoms with Crippen molar-refractivity contribution in [3.05, 3.63) is 17.5 Å². The molecule has 34 heavy (non-hydrogen) atoms. The van der Waals surface area contributed by atoms with Gasteiger partial charge in [0, 0.05) is 62.2 Å². The molecule has 1 aliphatic carbocycles. The first-order chi connectivity index (χ1) is 16.0. The van der Waals surface area contributed by atoms with Crippen LogP contribution in [0.3, 0.4) is 0 Å². The highest BCUT2D eigenvalue weighted by atomic mass is 16.2. The highest BCUT2D eigenvalue weighted by Crippen LogP contribution is 2.50. The Morgan fingerprint density at radius 3 is 2.09 bits per heavy atom. The number of carbonyl (C=O) groups is 2. The molecule has 2 atom stereocenters. The second kappa shape index (κ2) is 12.7. The molecule has 1 heterocycles. The number of amides is 2. The fourth-order valence-electron chi connectivity index (χ4n) is 4.96. The lowest BCUT2D eigenvalue weighted by molar-refractivity contribution is -0.140. The molecule has 2 unspecified atom stereocenters. The quantitative estimate of drug-likeness (QED) is 0.372. The van der Waals surface area contributed by atoms with Crippen molar-refractivity contribution in [3.8, 4) is 0 Å². The maximum absolute atomic E-state index is 13.4. The Balaban J connectivity index is 2.31. The minimum Gasteiger partial charge on any atom is -0.356 e. The summed E-state index contributed by atoms with van der Waals surface area (Å²) in [6.45, 7) is 16.5. The van der Waals surface area contributed by atoms with Gasteiger partial charge in [0.25, 0.3) is 0 Å². The van der Waals surface area contributed by atoms with E-state index < -0.39 is 5.41 Å². The van der Waals surface area contributed by atoms with Crippen LogP contribution in [0.15, 0.2) is 6.20 Å². The molecular weight excluding hydrogens is 428 g/mol. The van der Waals surface area contributed by atoms with Crippen LogP contribution in [0.5, 0.6) is 0 Å². The van der Waals surface area contributed by atoms with Gasteiger partial charge in [0.2, 0.25) is 11.8 Å². The first-order valence-electron chi connectivity index (χ1n) is 12.9. The molecule has 194 valence electrons. The van der Waals surface area contributed by atoms with Crippen molar-refractivity contribution in [3.63, 3.8) is 0 Å². The highest BCUT2D eigenvalue weighted by Gasteiger charge is 2.50. The monoisotopic (exact) mass is 476 g/mol. The van der Waals surface area contributed by atoms with Gasteiger partial charge in [0.1, 0.15) is 0 Å². The van der Waals surface area contributed by atoms with Gasteiger partial charge in [-0.15, -0.1) is 0 Å². The molecule has 1 aromatic rings. The molecule has 0 radical (unpaired) electrons. The second-order valence-corrected chi connectivity index (χ2v) is 11.5. The van der Waals surface area contributed by atoms with Crippen molar-refractivity contribution < 1.29 is 9.59 Å². The van der Waals surface area contributed by atoms with Crippen LogP contribution < -0.4 is 16.0 Å². The molecule has 0 aromatic carbocycles. The van der Waals surface area contributed by atoms with Crippen molar-refractivity contribution in [1.29, 1.82) is 0 Å². The molecule has 4 N–H and O–H groups in total. The summed E-state index contributed by atoms with van der Waals surface area (Å²) < 4.78 is 0. The average Bonchev–Trinajstić information content (AvgIpc) is 3.21. The summed E-state index contributed by atoms with van der Waals surface area (Å²) >= 11 is 0. The predicted octanol–water partition coefficient (Wildman–Crippen LogP) is 2.74. The predicted molar refractivity (Wildman–Crippen MR) is 137 cm³/mol. The number of hydrogen-bond donors (Lipinski definition) is 4. The van der Waals surface area contributed by atoms with E-state index in [1.807, 2.05) is 13.2 Å². The van der Waals surface area contributed by atoms with Gasteiger partial charge in [-0.1, -0.05) is 41.5 Å². The molecule has 0 saturated heterocycles. The average molecular weight is 477 g/mol. The van der Waals surface area contributed by atoms with E-state index in [0.29, 0.717) is 37.8 Å². The van der Waals surface area contributed by atoms with Gasteiger partial charge in [-0.25, -0.2) is 0 Å². The highest BCUT2D eigenvalue weighted by molar-refractivity contribution is 5.84. The van der Waals surface area contributed by atoms with E-state index >= 15 is 0 Å². The zero-order chi connectivity index (χ0) is 25.5. The van der Waals surface area contributed by atoms with Gasteiger partial charge in [-0.3, -0.25) is 14.7 Å². The van der Waals surface area contributed by atoms with Crippen LogP contribution in [0.25, 0.3) is 0 Å². The Morgan fingerprint density at radius 2 is 1.62 bits per heavy atom. The van der Waals surface area contributed by atoms with Crippen molar-refractivity contribution in [2.45, 2.75) is 66.8 Å². The summed E-state index contributed by atoms with van der Waals surface area (Å²) in [4.78, 5) is 29.0. The number of carbonyl (C=O) groups excluding carboxylic acids is 2. The Morgan fingerprint density at radius 1 is 1.09 bits per heavy atom. The van der Waals surface area contributed by atoms with Crippen molar-refractivity contribution in [2.24, 2.45) is 29.1 Å². The maximum atomic E-state index is 13.4. The van der Waals surface area contributed by atoms with Gasteiger partial charge in [-0.2, -0.15) is 5.10 Å². The Hall–Kier alpha value is -1.93. The Labute approximate surface area is 206 Å². The molecule has 1 aliphatic rings. The van der Waals surface area contributed by atoms with Crippen LogP contribution in [-0.4, -0.2) is 67.2 Å². The van der Waals surface area contributed by atoms with Crippen LogP contribution >= 0.6 is 0 Å². The SMILES string of the molecule is CNCCN(C)Cc1c[nH]nc1C1CC(C(=O)NCC(C)C)C(C)(C)C(C(=O)NCC(C)C)C1. The molecule has 8 heteroatoms. The third-order valence-electron chi connectivity index (χ3n) is 7.16. The van der Waals surface area contributed by atoms with Crippen LogP contribution in [0, 0.1) is 29.1 Å². The van der Waals surface area contributed by atoms with Crippen LogP contribution in [0.4, 0.5) is 0 Å². The molecule has 0 aliphatic heterocycles. The zero-order valence-electron chi connectivity index (χ0n) is 22.6. The molecular formula is C26H48N6O2. The summed E-state index contributed by atoms with van der Waals surface area (Å²) in [5.74, 6) is 0.390. The van der Waals surface area contributed by atoms with E-state index in [1.54, 1.807) is 0 Å². The van der Waals surface area contributed by atoms with E-state index in [9.17, 15) is 9.59 Å². The van der Waals surface area contributed by atoms with Gasteiger partial charge in [-0.05, 0) is 44.2 Å². The summed E-state index contributed by atoms with van der Waals surface area (Å²) in [6, 6.07) is 0. The van der Waals surface area contributed by atoms with Crippen LogP contribution in [0.2, 0.25) is 0 Å². The lowest BCUT2D eigenvalue weighted by atomic mass is 9.58. The van der Waals surface area contributed by atoms with Gasteiger partial charge >= 0.3 is 0 Å². The smallest absolute Gasteiger partial charge is 0.223 e. The minimum atomic E-state index is -0.446. The van der Waals surface area contributed by atoms with E-state index in [2.05, 4.69) is 79.6 Å².